The molecule has 4 saturated carbocycles. The lowest BCUT2D eigenvalue weighted by atomic mass is 9.31. The van der Waals surface area contributed by atoms with Crippen molar-refractivity contribution in [3.63, 3.8) is 0 Å². The van der Waals surface area contributed by atoms with Gasteiger partial charge in [0.2, 0.25) is 0 Å². The first kappa shape index (κ1) is 41.7. The van der Waals surface area contributed by atoms with Gasteiger partial charge in [-0.15, -0.1) is 0 Å². The van der Waals surface area contributed by atoms with Crippen molar-refractivity contribution in [3.8, 4) is 0 Å². The molecule has 1 aromatic rings. The normalized spacial score (nSPS) is 51.6. The summed E-state index contributed by atoms with van der Waals surface area (Å²) in [6.45, 7) is 16.5. The lowest BCUT2D eigenvalue weighted by molar-refractivity contribution is -0.479. The zero-order valence-corrected chi connectivity index (χ0v) is 35.9. The molecule has 3 unspecified atom stereocenters. The van der Waals surface area contributed by atoms with E-state index in [0.717, 1.165) is 0 Å². The summed E-state index contributed by atoms with van der Waals surface area (Å²) in [5.41, 5.74) is -17.8. The third-order valence-electron chi connectivity index (χ3n) is 16.8. The molecule has 4 bridgehead atoms. The van der Waals surface area contributed by atoms with E-state index in [1.165, 1.54) is 33.5 Å². The van der Waals surface area contributed by atoms with Gasteiger partial charge in [-0.05, 0) is 45.1 Å². The minimum absolute atomic E-state index is 0.151. The van der Waals surface area contributed by atoms with Gasteiger partial charge in [-0.25, -0.2) is 4.79 Å². The Bertz CT molecular complexity index is 2070. The Labute approximate surface area is 347 Å². The van der Waals surface area contributed by atoms with E-state index in [4.69, 9.17) is 47.0 Å². The zero-order valence-electron chi connectivity index (χ0n) is 35.9. The van der Waals surface area contributed by atoms with Gasteiger partial charge in [0.1, 0.15) is 29.5 Å². The zero-order chi connectivity index (χ0) is 43.8. The highest BCUT2D eigenvalue weighted by Gasteiger charge is 3.07. The van der Waals surface area contributed by atoms with Crippen molar-refractivity contribution in [3.05, 3.63) is 24.2 Å². The van der Waals surface area contributed by atoms with E-state index in [0.29, 0.717) is 12.0 Å². The van der Waals surface area contributed by atoms with E-state index in [1.807, 2.05) is 6.92 Å². The molecule has 0 radical (unpaired) electrons. The molecule has 0 aromatic carbocycles. The van der Waals surface area contributed by atoms with Crippen LogP contribution in [0.4, 0.5) is 0 Å². The molecule has 0 amide bonds. The molecule has 17 nitrogen and oxygen atoms in total. The SMILES string of the molecule is CC[C@H](C)C(=O)O[C@@H]1C[C@@]2(C)[C@H](c3ccoc3)OC(=O)C[C@]23OC2(C)O[C@@]34[C@H](OC(=O)C(C)C)C3(O)[C@@H](OC(=O)[C@@]5(C)O[C@@H]5C)C5(C)C[C@]3(O)[C@](C)([C@H]5CC(=O)OC)[C@@]14O2. The summed E-state index contributed by atoms with van der Waals surface area (Å²) in [6.07, 6.45) is -5.20. The molecule has 17 atom stereocenters. The maximum Gasteiger partial charge on any atom is 0.341 e. The summed E-state index contributed by atoms with van der Waals surface area (Å²) < 4.78 is 63.7. The Kier molecular flexibility index (Phi) is 8.41. The Balaban J connectivity index is 1.41. The van der Waals surface area contributed by atoms with Crippen LogP contribution in [-0.2, 0) is 66.6 Å². The summed E-state index contributed by atoms with van der Waals surface area (Å²) >= 11 is 0. The summed E-state index contributed by atoms with van der Waals surface area (Å²) in [7, 11) is 1.21. The number of ether oxygens (including phenoxy) is 9. The first-order chi connectivity index (χ1) is 27.8. The van der Waals surface area contributed by atoms with E-state index in [-0.39, 0.29) is 12.8 Å². The van der Waals surface area contributed by atoms with Crippen molar-refractivity contribution < 1.29 is 81.2 Å². The fraction of sp³-hybridized carbons (Fsp3) is 0.791. The number of carbonyl (C=O) groups is 5. The molecule has 330 valence electrons. The van der Waals surface area contributed by atoms with E-state index in [9.17, 15) is 34.2 Å². The number of cyclic esters (lactones) is 1. The van der Waals surface area contributed by atoms with Crippen LogP contribution in [0.25, 0.3) is 0 Å². The van der Waals surface area contributed by atoms with Gasteiger partial charge in [0.15, 0.2) is 28.5 Å². The predicted octanol–water partition coefficient (Wildman–Crippen LogP) is 3.34. The second kappa shape index (κ2) is 12.1. The number of hydrogen-bond donors (Lipinski definition) is 2. The summed E-state index contributed by atoms with van der Waals surface area (Å²) in [5.74, 6) is -8.52. The molecule has 1 aromatic heterocycles. The number of furan rings is 1. The van der Waals surface area contributed by atoms with E-state index < -0.39 is 147 Å². The van der Waals surface area contributed by atoms with Gasteiger partial charge in [-0.1, -0.05) is 48.5 Å². The topological polar surface area (TPSA) is 225 Å². The fourth-order valence-electron chi connectivity index (χ4n) is 13.7. The molecule has 4 aliphatic carbocycles. The van der Waals surface area contributed by atoms with Crippen molar-refractivity contribution in [2.45, 2.75) is 171 Å². The van der Waals surface area contributed by atoms with Crippen molar-refractivity contribution in [1.29, 1.82) is 0 Å². The molecule has 60 heavy (non-hydrogen) atoms. The molecule has 8 fully saturated rings. The predicted molar refractivity (Wildman–Crippen MR) is 198 cm³/mol. The number of methoxy groups -OCH3 is 1. The first-order valence-corrected chi connectivity index (χ1v) is 21.0. The Hall–Kier alpha value is -3.61. The van der Waals surface area contributed by atoms with Crippen LogP contribution in [0.15, 0.2) is 23.0 Å². The van der Waals surface area contributed by atoms with Gasteiger partial charge in [-0.2, -0.15) is 0 Å². The standard InChI is InChI=1S/C43H56O17/c1-12-21(4)30(47)53-25-16-35(7)28(23-13-14-52-18-23)54-27(45)17-40(35)43-32(55-29(46)20(2)3)41(50)31(56-33(48)36(8)22(5)57-36)34(6)19-39(41,49)37(9,24(34)15-26(44)51-11)42(25,43)59-38(10,58-40)60-43/h13-14,18,20-22,24-25,28,31-32,49-50H,12,15-17,19H2,1-11H3/t21-,22+,24-,25+,28-,31-,32+,34?,35-,36-,37-,38?,39-,40-,41?,42-,43-/m0/s1. The van der Waals surface area contributed by atoms with Crippen LogP contribution < -0.4 is 0 Å². The Morgan fingerprint density at radius 1 is 0.933 bits per heavy atom. The van der Waals surface area contributed by atoms with Gasteiger partial charge in [0, 0.05) is 35.2 Å². The molecule has 9 rings (SSSR count). The summed E-state index contributed by atoms with van der Waals surface area (Å²) in [5, 5.41) is 28.1. The molecule has 8 aliphatic rings. The molecule has 4 saturated heterocycles. The van der Waals surface area contributed by atoms with Crippen molar-refractivity contribution in [2.75, 3.05) is 7.11 Å². The number of carbonyl (C=O) groups excluding carboxylic acids is 5. The van der Waals surface area contributed by atoms with Gasteiger partial charge < -0.3 is 57.3 Å². The monoisotopic (exact) mass is 844 g/mol. The van der Waals surface area contributed by atoms with Crippen molar-refractivity contribution in [2.24, 2.45) is 34.0 Å². The molecule has 2 spiro atoms. The highest BCUT2D eigenvalue weighted by atomic mass is 17.0. The van der Waals surface area contributed by atoms with Crippen LogP contribution in [0.5, 0.6) is 0 Å². The minimum atomic E-state index is -2.80. The van der Waals surface area contributed by atoms with Crippen molar-refractivity contribution in [1.82, 2.24) is 0 Å². The first-order valence-electron chi connectivity index (χ1n) is 21.0. The lowest BCUT2D eigenvalue weighted by Gasteiger charge is -2.79. The van der Waals surface area contributed by atoms with Crippen LogP contribution in [0, 0.1) is 34.0 Å². The molecular formula is C43H56O17. The van der Waals surface area contributed by atoms with Gasteiger partial charge >= 0.3 is 29.8 Å². The third kappa shape index (κ3) is 4.28. The molecule has 5 heterocycles. The van der Waals surface area contributed by atoms with Crippen LogP contribution in [-0.4, -0.2) is 111 Å². The van der Waals surface area contributed by atoms with Crippen LogP contribution in [0.1, 0.15) is 113 Å². The van der Waals surface area contributed by atoms with E-state index in [2.05, 4.69) is 0 Å². The Morgan fingerprint density at radius 3 is 2.18 bits per heavy atom. The molecule has 4 aliphatic heterocycles. The second-order valence-corrected chi connectivity index (χ2v) is 20.0. The highest BCUT2D eigenvalue weighted by molar-refractivity contribution is 5.83. The van der Waals surface area contributed by atoms with Gasteiger partial charge in [0.25, 0.3) is 5.97 Å². The average molecular weight is 845 g/mol. The lowest BCUT2D eigenvalue weighted by Crippen LogP contribution is -2.99. The quantitative estimate of drug-likeness (QED) is 0.196. The third-order valence-corrected chi connectivity index (χ3v) is 16.8. The molecule has 17 heteroatoms. The van der Waals surface area contributed by atoms with Gasteiger partial charge in [0.05, 0.1) is 44.0 Å². The maximum absolute atomic E-state index is 14.4. The van der Waals surface area contributed by atoms with Crippen LogP contribution in [0.3, 0.4) is 0 Å². The van der Waals surface area contributed by atoms with E-state index >= 15 is 0 Å². The highest BCUT2D eigenvalue weighted by Crippen LogP contribution is 2.89. The fourth-order valence-corrected chi connectivity index (χ4v) is 13.7. The minimum Gasteiger partial charge on any atom is -0.472 e. The molecule has 2 N–H and O–H groups in total. The number of epoxide rings is 1. The van der Waals surface area contributed by atoms with Crippen LogP contribution >= 0.6 is 0 Å². The smallest absolute Gasteiger partial charge is 0.341 e. The summed E-state index contributed by atoms with van der Waals surface area (Å²) in [4.78, 5) is 71.1. The van der Waals surface area contributed by atoms with Crippen molar-refractivity contribution >= 4 is 29.8 Å². The van der Waals surface area contributed by atoms with Crippen LogP contribution in [0.2, 0.25) is 0 Å². The maximum atomic E-state index is 14.4. The average Bonchev–Trinajstić information content (AvgIpc) is 3.63. The number of hydrogen-bond acceptors (Lipinski definition) is 17. The Morgan fingerprint density at radius 2 is 1.60 bits per heavy atom. The molecular weight excluding hydrogens is 788 g/mol. The number of fused-ring (bicyclic) bond motifs is 2. The second-order valence-electron chi connectivity index (χ2n) is 20.0. The number of rotatable bonds is 10. The van der Waals surface area contributed by atoms with E-state index in [1.54, 1.807) is 54.5 Å². The number of aliphatic hydroxyl groups is 2. The summed E-state index contributed by atoms with van der Waals surface area (Å²) in [6, 6.07) is 1.62. The largest absolute Gasteiger partial charge is 0.472 e. The number of esters is 5. The van der Waals surface area contributed by atoms with Gasteiger partial charge in [-0.3, -0.25) is 19.2 Å².